The van der Waals surface area contributed by atoms with E-state index >= 15 is 0 Å². The number of piperidine rings is 1. The first-order valence-corrected chi connectivity index (χ1v) is 9.55. The van der Waals surface area contributed by atoms with Gasteiger partial charge in [0.2, 0.25) is 5.91 Å². The molecule has 6 heteroatoms. The van der Waals surface area contributed by atoms with E-state index in [-0.39, 0.29) is 11.9 Å². The fourth-order valence-corrected chi connectivity index (χ4v) is 4.19. The van der Waals surface area contributed by atoms with Crippen LogP contribution in [-0.2, 0) is 16.0 Å². The molecule has 3 amide bonds. The molecule has 1 N–H and O–H groups in total. The number of methoxy groups -OCH3 is 1. The molecule has 2 aliphatic rings. The Morgan fingerprint density at radius 1 is 1.19 bits per heavy atom. The Kier molecular flexibility index (Phi) is 6.14. The number of likely N-dealkylation sites (tertiary alicyclic amines) is 2. The molecule has 0 aliphatic carbocycles. The highest BCUT2D eigenvalue weighted by atomic mass is 16.5. The molecule has 26 heavy (non-hydrogen) atoms. The molecule has 3 rings (SSSR count). The van der Waals surface area contributed by atoms with Gasteiger partial charge in [0, 0.05) is 33.3 Å². The number of nitrogens with one attached hydrogen (secondary N) is 1. The second-order valence-electron chi connectivity index (χ2n) is 7.14. The second kappa shape index (κ2) is 8.54. The molecule has 0 aromatic heterocycles. The molecular formula is C20H29N3O3. The zero-order valence-electron chi connectivity index (χ0n) is 15.6. The number of ether oxygens (including phenoxy) is 1. The average molecular weight is 359 g/mol. The van der Waals surface area contributed by atoms with E-state index in [9.17, 15) is 9.59 Å². The molecule has 2 aliphatic heterocycles. The van der Waals surface area contributed by atoms with Gasteiger partial charge in [0.25, 0.3) is 0 Å². The minimum absolute atomic E-state index is 0.0940. The summed E-state index contributed by atoms with van der Waals surface area (Å²) in [4.78, 5) is 29.6. The third-order valence-corrected chi connectivity index (χ3v) is 5.54. The number of carbonyl (C=O) groups is 2. The molecule has 1 unspecified atom stereocenters. The van der Waals surface area contributed by atoms with E-state index < -0.39 is 5.54 Å². The van der Waals surface area contributed by atoms with Crippen LogP contribution >= 0.6 is 0 Å². The van der Waals surface area contributed by atoms with Crippen LogP contribution in [-0.4, -0.2) is 67.2 Å². The summed E-state index contributed by atoms with van der Waals surface area (Å²) < 4.78 is 5.13. The lowest BCUT2D eigenvalue weighted by molar-refractivity contribution is -0.146. The van der Waals surface area contributed by atoms with Crippen LogP contribution in [0, 0.1) is 0 Å². The van der Waals surface area contributed by atoms with Gasteiger partial charge in [-0.3, -0.25) is 4.79 Å². The molecule has 6 nitrogen and oxygen atoms in total. The van der Waals surface area contributed by atoms with Crippen molar-refractivity contribution in [2.75, 3.05) is 39.9 Å². The first kappa shape index (κ1) is 18.7. The summed E-state index contributed by atoms with van der Waals surface area (Å²) in [5.41, 5.74) is 0.548. The molecule has 142 valence electrons. The number of carbonyl (C=O) groups excluding carboxylic acids is 2. The molecule has 1 aromatic carbocycles. The number of amides is 3. The van der Waals surface area contributed by atoms with E-state index in [1.165, 1.54) is 5.56 Å². The van der Waals surface area contributed by atoms with Crippen molar-refractivity contribution in [2.24, 2.45) is 0 Å². The van der Waals surface area contributed by atoms with Crippen LogP contribution in [0.3, 0.4) is 0 Å². The predicted molar refractivity (Wildman–Crippen MR) is 99.9 cm³/mol. The Bertz CT molecular complexity index is 622. The van der Waals surface area contributed by atoms with Gasteiger partial charge in [-0.2, -0.15) is 0 Å². The molecular weight excluding hydrogens is 330 g/mol. The Morgan fingerprint density at radius 3 is 2.65 bits per heavy atom. The highest BCUT2D eigenvalue weighted by molar-refractivity contribution is 5.92. The summed E-state index contributed by atoms with van der Waals surface area (Å²) in [7, 11) is 1.65. The predicted octanol–water partition coefficient (Wildman–Crippen LogP) is 2.04. The lowest BCUT2D eigenvalue weighted by Gasteiger charge is -2.44. The first-order valence-electron chi connectivity index (χ1n) is 9.55. The highest BCUT2D eigenvalue weighted by Crippen LogP contribution is 2.38. The topological polar surface area (TPSA) is 61.9 Å². The molecule has 0 saturated carbocycles. The monoisotopic (exact) mass is 359 g/mol. The van der Waals surface area contributed by atoms with Crippen LogP contribution in [0.4, 0.5) is 4.79 Å². The molecule has 2 saturated heterocycles. The van der Waals surface area contributed by atoms with Crippen molar-refractivity contribution >= 4 is 11.9 Å². The highest BCUT2D eigenvalue weighted by Gasteiger charge is 2.52. The summed E-state index contributed by atoms with van der Waals surface area (Å²) in [6.07, 6.45) is 4.14. The van der Waals surface area contributed by atoms with E-state index in [0.717, 1.165) is 38.6 Å². The minimum atomic E-state index is -0.650. The minimum Gasteiger partial charge on any atom is -0.383 e. The van der Waals surface area contributed by atoms with E-state index in [1.807, 2.05) is 23.1 Å². The molecule has 1 spiro atoms. The van der Waals surface area contributed by atoms with Gasteiger partial charge in [-0.15, -0.1) is 0 Å². The van der Waals surface area contributed by atoms with E-state index in [4.69, 9.17) is 4.74 Å². The molecule has 0 radical (unpaired) electrons. The number of urea groups is 1. The van der Waals surface area contributed by atoms with Crippen LogP contribution < -0.4 is 5.32 Å². The summed E-state index contributed by atoms with van der Waals surface area (Å²) in [6, 6.07) is 9.99. The lowest BCUT2D eigenvalue weighted by Crippen LogP contribution is -2.63. The summed E-state index contributed by atoms with van der Waals surface area (Å²) in [5, 5.41) is 3.01. The van der Waals surface area contributed by atoms with Crippen LogP contribution in [0.15, 0.2) is 30.3 Å². The summed E-state index contributed by atoms with van der Waals surface area (Å²) >= 11 is 0. The van der Waals surface area contributed by atoms with Crippen molar-refractivity contribution in [3.8, 4) is 0 Å². The summed E-state index contributed by atoms with van der Waals surface area (Å²) in [6.45, 7) is 3.12. The normalized spacial score (nSPS) is 22.9. The Balaban J connectivity index is 1.61. The quantitative estimate of drug-likeness (QED) is 0.845. The van der Waals surface area contributed by atoms with E-state index in [2.05, 4.69) is 17.4 Å². The van der Waals surface area contributed by atoms with Crippen molar-refractivity contribution in [1.29, 1.82) is 0 Å². The van der Waals surface area contributed by atoms with Crippen LogP contribution in [0.1, 0.15) is 31.2 Å². The molecule has 1 atom stereocenters. The van der Waals surface area contributed by atoms with Gasteiger partial charge in [-0.1, -0.05) is 30.3 Å². The molecule has 1 aromatic rings. The van der Waals surface area contributed by atoms with Gasteiger partial charge in [-0.25, -0.2) is 4.79 Å². The van der Waals surface area contributed by atoms with Gasteiger partial charge in [-0.05, 0) is 37.7 Å². The third kappa shape index (κ3) is 3.85. The van der Waals surface area contributed by atoms with Crippen molar-refractivity contribution in [1.82, 2.24) is 15.1 Å². The maximum Gasteiger partial charge on any atom is 0.318 e. The Labute approximate surface area is 155 Å². The largest absolute Gasteiger partial charge is 0.383 e. The van der Waals surface area contributed by atoms with Crippen molar-refractivity contribution in [3.05, 3.63) is 35.9 Å². The number of hydrogen-bond acceptors (Lipinski definition) is 3. The van der Waals surface area contributed by atoms with Crippen LogP contribution in [0.25, 0.3) is 0 Å². The van der Waals surface area contributed by atoms with Gasteiger partial charge in [0.15, 0.2) is 0 Å². The second-order valence-corrected chi connectivity index (χ2v) is 7.14. The first-order chi connectivity index (χ1) is 12.7. The van der Waals surface area contributed by atoms with Gasteiger partial charge in [0.05, 0.1) is 6.61 Å². The van der Waals surface area contributed by atoms with E-state index in [0.29, 0.717) is 26.2 Å². The zero-order chi connectivity index (χ0) is 18.4. The maximum absolute atomic E-state index is 13.1. The van der Waals surface area contributed by atoms with Crippen molar-refractivity contribution < 1.29 is 14.3 Å². The number of hydrogen-bond donors (Lipinski definition) is 1. The van der Waals surface area contributed by atoms with Crippen LogP contribution in [0.2, 0.25) is 0 Å². The summed E-state index contributed by atoms with van der Waals surface area (Å²) in [5.74, 6) is 0.0940. The maximum atomic E-state index is 13.1. The standard InChI is InChI=1S/C20H29N3O3/c1-26-16-15-22-13-5-10-20(18(22)24)11-6-14-23(20)19(25)21-12-9-17-7-3-2-4-8-17/h2-4,7-8H,5-6,9-16H2,1H3,(H,21,25). The fourth-order valence-electron chi connectivity index (χ4n) is 4.19. The molecule has 0 bridgehead atoms. The average Bonchev–Trinajstić information content (AvgIpc) is 3.08. The third-order valence-electron chi connectivity index (χ3n) is 5.54. The smallest absolute Gasteiger partial charge is 0.318 e. The number of benzene rings is 1. The Morgan fingerprint density at radius 2 is 1.92 bits per heavy atom. The van der Waals surface area contributed by atoms with E-state index in [1.54, 1.807) is 12.0 Å². The zero-order valence-corrected chi connectivity index (χ0v) is 15.6. The van der Waals surface area contributed by atoms with Crippen LogP contribution in [0.5, 0.6) is 0 Å². The molecule has 2 fully saturated rings. The van der Waals surface area contributed by atoms with Crippen molar-refractivity contribution in [2.45, 2.75) is 37.6 Å². The van der Waals surface area contributed by atoms with Gasteiger partial charge < -0.3 is 19.9 Å². The fraction of sp³-hybridized carbons (Fsp3) is 0.600. The van der Waals surface area contributed by atoms with Crippen molar-refractivity contribution in [3.63, 3.8) is 0 Å². The number of nitrogens with zero attached hydrogens (tertiary/aromatic N) is 2. The Hall–Kier alpha value is -2.08. The molecule has 2 heterocycles. The SMILES string of the molecule is COCCN1CCCC2(CCCN2C(=O)NCCc2ccccc2)C1=O. The van der Waals surface area contributed by atoms with Gasteiger partial charge >= 0.3 is 6.03 Å². The van der Waals surface area contributed by atoms with Gasteiger partial charge in [0.1, 0.15) is 5.54 Å². The number of rotatable bonds is 6. The lowest BCUT2D eigenvalue weighted by atomic mass is 9.85.